The van der Waals surface area contributed by atoms with E-state index in [0.29, 0.717) is 22.3 Å². The molecule has 3 aromatic carbocycles. The molecule has 1 aliphatic rings. The third kappa shape index (κ3) is 3.74. The van der Waals surface area contributed by atoms with Crippen LogP contribution in [-0.2, 0) is 0 Å². The Morgan fingerprint density at radius 3 is 2.26 bits per heavy atom. The zero-order valence-electron chi connectivity index (χ0n) is 18.2. The first kappa shape index (κ1) is 20.6. The molecule has 1 saturated carbocycles. The van der Waals surface area contributed by atoms with Crippen molar-refractivity contribution in [1.29, 1.82) is 0 Å². The van der Waals surface area contributed by atoms with Crippen molar-refractivity contribution in [3.8, 4) is 16.9 Å². The second kappa shape index (κ2) is 8.12. The van der Waals surface area contributed by atoms with Gasteiger partial charge in [0.2, 0.25) is 0 Å². The van der Waals surface area contributed by atoms with Crippen molar-refractivity contribution in [1.82, 2.24) is 14.9 Å². The van der Waals surface area contributed by atoms with Crippen LogP contribution in [0.4, 0.5) is 0 Å². The minimum absolute atomic E-state index is 0.0842. The number of nitrogens with one attached hydrogen (secondary N) is 1. The summed E-state index contributed by atoms with van der Waals surface area (Å²) in [5.74, 6) is -0.0842. The lowest BCUT2D eigenvalue weighted by molar-refractivity contribution is 0.0951. The van der Waals surface area contributed by atoms with Crippen LogP contribution in [-0.4, -0.2) is 21.5 Å². The van der Waals surface area contributed by atoms with E-state index in [4.69, 9.17) is 16.6 Å². The third-order valence-electron chi connectivity index (χ3n) is 6.16. The van der Waals surface area contributed by atoms with Crippen LogP contribution in [0, 0.1) is 0 Å². The number of carbonyl (C=O) groups excluding carboxylic acids is 1. The van der Waals surface area contributed by atoms with Crippen molar-refractivity contribution in [3.63, 3.8) is 0 Å². The highest BCUT2D eigenvalue weighted by Crippen LogP contribution is 2.29. The van der Waals surface area contributed by atoms with Crippen molar-refractivity contribution < 1.29 is 4.79 Å². The molecule has 1 N–H and O–H groups in total. The molecule has 0 unspecified atom stereocenters. The van der Waals surface area contributed by atoms with E-state index in [-0.39, 0.29) is 11.5 Å². The second-order valence-corrected chi connectivity index (χ2v) is 9.02. The summed E-state index contributed by atoms with van der Waals surface area (Å²) in [5, 5.41) is 5.50. The highest BCUT2D eigenvalue weighted by atomic mass is 35.5. The lowest BCUT2D eigenvalue weighted by Gasteiger charge is -2.14. The van der Waals surface area contributed by atoms with Crippen molar-refractivity contribution in [2.75, 3.05) is 0 Å². The first-order valence-corrected chi connectivity index (χ1v) is 11.6. The van der Waals surface area contributed by atoms with Crippen LogP contribution in [0.25, 0.3) is 38.8 Å². The molecule has 0 aliphatic heterocycles. The fraction of sp³-hybridized carbons (Fsp3) is 0.107. The smallest absolute Gasteiger partial charge is 0.255 e. The maximum Gasteiger partial charge on any atom is 0.255 e. The topological polar surface area (TPSA) is 64.0 Å². The molecule has 0 bridgehead atoms. The maximum atomic E-state index is 13.1. The number of hydrogen-bond donors (Lipinski definition) is 1. The SMILES string of the molecule is O=C(NC1CC1)c1ccc(-n2c(=O)ccc3ccc4ccc(-c5ccc(Cl)cc5)nc4c32)cc1. The lowest BCUT2D eigenvalue weighted by Crippen LogP contribution is -2.25. The van der Waals surface area contributed by atoms with Crippen LogP contribution in [0.5, 0.6) is 0 Å². The number of nitrogens with zero attached hydrogens (tertiary/aromatic N) is 2. The summed E-state index contributed by atoms with van der Waals surface area (Å²) in [6, 6.07) is 26.3. The molecule has 1 fully saturated rings. The van der Waals surface area contributed by atoms with E-state index >= 15 is 0 Å². The fourth-order valence-corrected chi connectivity index (χ4v) is 4.33. The van der Waals surface area contributed by atoms with Gasteiger partial charge >= 0.3 is 0 Å². The van der Waals surface area contributed by atoms with Gasteiger partial charge < -0.3 is 5.32 Å². The van der Waals surface area contributed by atoms with E-state index in [1.54, 1.807) is 22.8 Å². The summed E-state index contributed by atoms with van der Waals surface area (Å²) in [7, 11) is 0. The Bertz CT molecular complexity index is 1620. The first-order chi connectivity index (χ1) is 16.6. The Hall–Kier alpha value is -3.96. The number of benzene rings is 3. The quantitative estimate of drug-likeness (QED) is 0.344. The van der Waals surface area contributed by atoms with E-state index in [1.165, 1.54) is 0 Å². The van der Waals surface area contributed by atoms with Crippen LogP contribution in [0.2, 0.25) is 5.02 Å². The minimum Gasteiger partial charge on any atom is -0.349 e. The summed E-state index contributed by atoms with van der Waals surface area (Å²) in [4.78, 5) is 30.4. The van der Waals surface area contributed by atoms with E-state index < -0.39 is 0 Å². The lowest BCUT2D eigenvalue weighted by atomic mass is 10.1. The molecule has 34 heavy (non-hydrogen) atoms. The van der Waals surface area contributed by atoms with Crippen LogP contribution < -0.4 is 10.9 Å². The summed E-state index contributed by atoms with van der Waals surface area (Å²) >= 11 is 6.05. The van der Waals surface area contributed by atoms with E-state index in [1.807, 2.05) is 66.7 Å². The number of pyridine rings is 2. The minimum atomic E-state index is -0.158. The average Bonchev–Trinajstić information content (AvgIpc) is 3.68. The number of hydrogen-bond acceptors (Lipinski definition) is 3. The molecule has 5 nitrogen and oxygen atoms in total. The van der Waals surface area contributed by atoms with Gasteiger partial charge in [0.15, 0.2) is 0 Å². The number of amides is 1. The van der Waals surface area contributed by atoms with Gasteiger partial charge in [0.1, 0.15) is 0 Å². The van der Waals surface area contributed by atoms with Gasteiger partial charge in [0, 0.05) is 44.7 Å². The molecule has 0 radical (unpaired) electrons. The van der Waals surface area contributed by atoms with Crippen molar-refractivity contribution in [2.45, 2.75) is 18.9 Å². The highest BCUT2D eigenvalue weighted by Gasteiger charge is 2.23. The number of carbonyl (C=O) groups is 1. The molecule has 2 heterocycles. The third-order valence-corrected chi connectivity index (χ3v) is 6.41. The predicted molar refractivity (Wildman–Crippen MR) is 136 cm³/mol. The summed E-state index contributed by atoms with van der Waals surface area (Å²) in [5.41, 5.74) is 4.32. The Balaban J connectivity index is 1.52. The average molecular weight is 466 g/mol. The zero-order chi connectivity index (χ0) is 23.2. The number of aromatic nitrogens is 2. The molecule has 0 saturated heterocycles. The molecule has 0 spiro atoms. The molecule has 2 aromatic heterocycles. The molecule has 6 rings (SSSR count). The van der Waals surface area contributed by atoms with Crippen LogP contribution >= 0.6 is 11.6 Å². The number of rotatable bonds is 4. The van der Waals surface area contributed by atoms with Gasteiger partial charge in [-0.3, -0.25) is 14.2 Å². The molecular formula is C28H20ClN3O2. The Morgan fingerprint density at radius 2 is 1.53 bits per heavy atom. The van der Waals surface area contributed by atoms with Gasteiger partial charge in [0.25, 0.3) is 11.5 Å². The zero-order valence-corrected chi connectivity index (χ0v) is 18.9. The molecule has 1 amide bonds. The number of halogens is 1. The summed E-state index contributed by atoms with van der Waals surface area (Å²) in [6.45, 7) is 0. The van der Waals surface area contributed by atoms with Gasteiger partial charge in [-0.05, 0) is 61.4 Å². The molecule has 5 aromatic rings. The van der Waals surface area contributed by atoms with E-state index in [2.05, 4.69) is 5.32 Å². The van der Waals surface area contributed by atoms with Gasteiger partial charge in [-0.2, -0.15) is 0 Å². The largest absolute Gasteiger partial charge is 0.349 e. The number of fused-ring (bicyclic) bond motifs is 3. The van der Waals surface area contributed by atoms with Crippen molar-refractivity contribution in [3.05, 3.63) is 106 Å². The Morgan fingerprint density at radius 1 is 0.853 bits per heavy atom. The highest BCUT2D eigenvalue weighted by molar-refractivity contribution is 6.30. The van der Waals surface area contributed by atoms with E-state index in [9.17, 15) is 9.59 Å². The normalized spacial score (nSPS) is 13.3. The van der Waals surface area contributed by atoms with Gasteiger partial charge in [-0.15, -0.1) is 0 Å². The summed E-state index contributed by atoms with van der Waals surface area (Å²) < 4.78 is 1.67. The van der Waals surface area contributed by atoms with E-state index in [0.717, 1.165) is 45.9 Å². The van der Waals surface area contributed by atoms with Crippen LogP contribution in [0.1, 0.15) is 23.2 Å². The predicted octanol–water partition coefficient (Wildman–Crippen LogP) is 5.75. The van der Waals surface area contributed by atoms with Gasteiger partial charge in [-0.25, -0.2) is 4.98 Å². The van der Waals surface area contributed by atoms with Crippen LogP contribution in [0.15, 0.2) is 89.7 Å². The monoisotopic (exact) mass is 465 g/mol. The standard InChI is InChI=1S/C28H20ClN3O2/c29-21-9-3-17(4-10-21)24-15-7-18-1-2-19-8-16-25(33)32(27(19)26(18)31-24)23-13-5-20(6-14-23)28(34)30-22-11-12-22/h1-10,13-16,22H,11-12H2,(H,30,34). The maximum absolute atomic E-state index is 13.1. The molecular weight excluding hydrogens is 446 g/mol. The second-order valence-electron chi connectivity index (χ2n) is 8.58. The molecule has 0 atom stereocenters. The molecule has 1 aliphatic carbocycles. The van der Waals surface area contributed by atoms with Gasteiger partial charge in [-0.1, -0.05) is 41.9 Å². The van der Waals surface area contributed by atoms with Crippen molar-refractivity contribution >= 4 is 39.3 Å². The Labute approximate surface area is 200 Å². The van der Waals surface area contributed by atoms with Crippen molar-refractivity contribution in [2.24, 2.45) is 0 Å². The first-order valence-electron chi connectivity index (χ1n) is 11.2. The fourth-order valence-electron chi connectivity index (χ4n) is 4.20. The molecule has 166 valence electrons. The van der Waals surface area contributed by atoms with Gasteiger partial charge in [0.05, 0.1) is 16.7 Å². The Kier molecular flexibility index (Phi) is 4.93. The summed E-state index contributed by atoms with van der Waals surface area (Å²) in [6.07, 6.45) is 2.07. The van der Waals surface area contributed by atoms with Crippen LogP contribution in [0.3, 0.4) is 0 Å². The molecule has 6 heteroatoms.